The molecule has 0 bridgehead atoms. The van der Waals surface area contributed by atoms with Gasteiger partial charge < -0.3 is 19.9 Å². The number of halogens is 1. The first-order valence-corrected chi connectivity index (χ1v) is 7.79. The maximum absolute atomic E-state index is 13.6. The molecule has 1 atom stereocenters. The van der Waals surface area contributed by atoms with Crippen LogP contribution in [0.25, 0.3) is 0 Å². The molecule has 0 saturated heterocycles. The zero-order chi connectivity index (χ0) is 18.2. The average molecular weight is 341 g/mol. The van der Waals surface area contributed by atoms with E-state index in [1.807, 2.05) is 0 Å². The van der Waals surface area contributed by atoms with Crippen LogP contribution in [0.3, 0.4) is 0 Å². The lowest BCUT2D eigenvalue weighted by Crippen LogP contribution is -2.47. The van der Waals surface area contributed by atoms with E-state index in [0.717, 1.165) is 5.56 Å². The SMILES string of the molecule is CCOC(=O)[C@](C)(O)CNC(=O)CCCc1ccc(OC)c(F)c1. The Kier molecular flexibility index (Phi) is 7.64. The van der Waals surface area contributed by atoms with Gasteiger partial charge in [0.05, 0.1) is 20.3 Å². The molecular weight excluding hydrogens is 317 g/mol. The number of methoxy groups -OCH3 is 1. The van der Waals surface area contributed by atoms with Crippen LogP contribution in [0.4, 0.5) is 4.39 Å². The molecule has 0 heterocycles. The molecule has 1 rings (SSSR count). The molecular formula is C17H24FNO5. The standard InChI is InChI=1S/C17H24FNO5/c1-4-24-16(21)17(2,22)11-19-15(20)7-5-6-12-8-9-14(23-3)13(18)10-12/h8-10,22H,4-7,11H2,1-3H3,(H,19,20)/t17-/m1/s1. The Morgan fingerprint density at radius 1 is 1.38 bits per heavy atom. The van der Waals surface area contributed by atoms with Gasteiger partial charge in [-0.05, 0) is 44.4 Å². The third-order valence-corrected chi connectivity index (χ3v) is 3.43. The molecule has 0 unspecified atom stereocenters. The summed E-state index contributed by atoms with van der Waals surface area (Å²) in [5.41, 5.74) is -0.996. The second kappa shape index (κ2) is 9.22. The predicted octanol–water partition coefficient (Wildman–Crippen LogP) is 1.59. The smallest absolute Gasteiger partial charge is 0.339 e. The molecule has 0 fully saturated rings. The maximum Gasteiger partial charge on any atom is 0.339 e. The summed E-state index contributed by atoms with van der Waals surface area (Å²) in [5, 5.41) is 12.4. The van der Waals surface area contributed by atoms with Gasteiger partial charge in [0.15, 0.2) is 17.2 Å². The second-order valence-corrected chi connectivity index (χ2v) is 5.59. The van der Waals surface area contributed by atoms with E-state index in [4.69, 9.17) is 9.47 Å². The lowest BCUT2D eigenvalue weighted by molar-refractivity contribution is -0.162. The molecule has 0 saturated carbocycles. The Balaban J connectivity index is 2.36. The maximum atomic E-state index is 13.6. The van der Waals surface area contributed by atoms with Crippen LogP contribution in [0.2, 0.25) is 0 Å². The summed E-state index contributed by atoms with van der Waals surface area (Å²) in [7, 11) is 1.40. The molecule has 0 aliphatic rings. The van der Waals surface area contributed by atoms with Crippen LogP contribution in [0.15, 0.2) is 18.2 Å². The summed E-state index contributed by atoms with van der Waals surface area (Å²) in [5.74, 6) is -1.34. The van der Waals surface area contributed by atoms with Crippen molar-refractivity contribution in [2.24, 2.45) is 0 Å². The normalized spacial score (nSPS) is 13.0. The molecule has 1 amide bonds. The number of ether oxygens (including phenoxy) is 2. The van der Waals surface area contributed by atoms with Crippen molar-refractivity contribution in [1.29, 1.82) is 0 Å². The summed E-state index contributed by atoms with van der Waals surface area (Å²) in [4.78, 5) is 23.3. The fraction of sp³-hybridized carbons (Fsp3) is 0.529. The molecule has 24 heavy (non-hydrogen) atoms. The second-order valence-electron chi connectivity index (χ2n) is 5.59. The van der Waals surface area contributed by atoms with Crippen LogP contribution in [-0.4, -0.2) is 42.8 Å². The van der Waals surface area contributed by atoms with Crippen LogP contribution in [0, 0.1) is 5.82 Å². The number of carbonyl (C=O) groups excluding carboxylic acids is 2. The molecule has 6 nitrogen and oxygen atoms in total. The van der Waals surface area contributed by atoms with Crippen LogP contribution in [0.1, 0.15) is 32.3 Å². The Hall–Kier alpha value is -2.15. The Morgan fingerprint density at radius 3 is 2.67 bits per heavy atom. The number of aryl methyl sites for hydroxylation is 1. The van der Waals surface area contributed by atoms with Gasteiger partial charge in [0.25, 0.3) is 0 Å². The number of amides is 1. The van der Waals surface area contributed by atoms with Crippen molar-refractivity contribution in [2.45, 2.75) is 38.7 Å². The third-order valence-electron chi connectivity index (χ3n) is 3.43. The molecule has 0 aliphatic carbocycles. The topological polar surface area (TPSA) is 84.9 Å². The summed E-state index contributed by atoms with van der Waals surface area (Å²) in [6, 6.07) is 4.66. The first-order valence-electron chi connectivity index (χ1n) is 7.79. The summed E-state index contributed by atoms with van der Waals surface area (Å²) in [6.45, 7) is 2.85. The molecule has 1 aromatic carbocycles. The van der Waals surface area contributed by atoms with Crippen molar-refractivity contribution in [3.8, 4) is 5.75 Å². The predicted molar refractivity (Wildman–Crippen MR) is 86.2 cm³/mol. The Morgan fingerprint density at radius 2 is 2.08 bits per heavy atom. The first-order chi connectivity index (χ1) is 11.3. The summed E-state index contributed by atoms with van der Waals surface area (Å²) >= 11 is 0. The molecule has 7 heteroatoms. The van der Waals surface area contributed by atoms with Gasteiger partial charge in [-0.3, -0.25) is 4.79 Å². The lowest BCUT2D eigenvalue weighted by Gasteiger charge is -2.21. The largest absolute Gasteiger partial charge is 0.494 e. The minimum absolute atomic E-state index is 0.154. The number of aliphatic hydroxyl groups is 1. The van der Waals surface area contributed by atoms with Crippen LogP contribution >= 0.6 is 0 Å². The zero-order valence-electron chi connectivity index (χ0n) is 14.2. The van der Waals surface area contributed by atoms with Crippen LogP contribution < -0.4 is 10.1 Å². The molecule has 0 radical (unpaired) electrons. The molecule has 2 N–H and O–H groups in total. The minimum Gasteiger partial charge on any atom is -0.494 e. The van der Waals surface area contributed by atoms with E-state index in [-0.39, 0.29) is 31.2 Å². The number of rotatable bonds is 9. The fourth-order valence-corrected chi connectivity index (χ4v) is 2.04. The van der Waals surface area contributed by atoms with Crippen molar-refractivity contribution in [1.82, 2.24) is 5.32 Å². The van der Waals surface area contributed by atoms with Gasteiger partial charge in [-0.25, -0.2) is 9.18 Å². The van der Waals surface area contributed by atoms with Crippen LogP contribution in [0.5, 0.6) is 5.75 Å². The van der Waals surface area contributed by atoms with Crippen molar-refractivity contribution < 1.29 is 28.6 Å². The van der Waals surface area contributed by atoms with Crippen LogP contribution in [-0.2, 0) is 20.7 Å². The monoisotopic (exact) mass is 341 g/mol. The van der Waals surface area contributed by atoms with Gasteiger partial charge in [0.1, 0.15) is 0 Å². The highest BCUT2D eigenvalue weighted by Crippen LogP contribution is 2.18. The van der Waals surface area contributed by atoms with E-state index in [0.29, 0.717) is 12.8 Å². The van der Waals surface area contributed by atoms with E-state index in [2.05, 4.69) is 5.32 Å². The summed E-state index contributed by atoms with van der Waals surface area (Å²) < 4.78 is 23.1. The van der Waals surface area contributed by atoms with E-state index in [1.54, 1.807) is 19.1 Å². The summed E-state index contributed by atoms with van der Waals surface area (Å²) in [6.07, 6.45) is 1.24. The van der Waals surface area contributed by atoms with Gasteiger partial charge in [-0.2, -0.15) is 0 Å². The average Bonchev–Trinajstić information content (AvgIpc) is 2.53. The number of nitrogens with one attached hydrogen (secondary N) is 1. The number of hydrogen-bond donors (Lipinski definition) is 2. The number of carbonyl (C=O) groups is 2. The van der Waals surface area contributed by atoms with Crippen molar-refractivity contribution in [3.63, 3.8) is 0 Å². The quantitative estimate of drug-likeness (QED) is 0.666. The first kappa shape index (κ1) is 19.9. The highest BCUT2D eigenvalue weighted by Gasteiger charge is 2.32. The molecule has 134 valence electrons. The highest BCUT2D eigenvalue weighted by molar-refractivity contribution is 5.81. The van der Waals surface area contributed by atoms with Crippen molar-refractivity contribution in [2.75, 3.05) is 20.3 Å². The lowest BCUT2D eigenvalue weighted by atomic mass is 10.1. The van der Waals surface area contributed by atoms with E-state index in [1.165, 1.54) is 20.1 Å². The van der Waals surface area contributed by atoms with E-state index >= 15 is 0 Å². The fourth-order valence-electron chi connectivity index (χ4n) is 2.04. The number of esters is 1. The van der Waals surface area contributed by atoms with Gasteiger partial charge in [0, 0.05) is 6.42 Å². The van der Waals surface area contributed by atoms with Gasteiger partial charge in [-0.1, -0.05) is 6.07 Å². The Bertz CT molecular complexity index is 574. The third kappa shape index (κ3) is 6.16. The molecule has 0 aliphatic heterocycles. The molecule has 1 aromatic rings. The van der Waals surface area contributed by atoms with Gasteiger partial charge >= 0.3 is 5.97 Å². The zero-order valence-corrected chi connectivity index (χ0v) is 14.2. The highest BCUT2D eigenvalue weighted by atomic mass is 19.1. The number of hydrogen-bond acceptors (Lipinski definition) is 5. The molecule has 0 aromatic heterocycles. The van der Waals surface area contributed by atoms with Gasteiger partial charge in [0.2, 0.25) is 5.91 Å². The van der Waals surface area contributed by atoms with Gasteiger partial charge in [-0.15, -0.1) is 0 Å². The van der Waals surface area contributed by atoms with E-state index in [9.17, 15) is 19.1 Å². The minimum atomic E-state index is -1.76. The van der Waals surface area contributed by atoms with Crippen molar-refractivity contribution >= 4 is 11.9 Å². The Labute approximate surface area is 141 Å². The molecule has 0 spiro atoms. The van der Waals surface area contributed by atoms with E-state index < -0.39 is 17.4 Å². The van der Waals surface area contributed by atoms with Crippen molar-refractivity contribution in [3.05, 3.63) is 29.6 Å². The number of benzene rings is 1.